The molecule has 2 aromatic rings. The van der Waals surface area contributed by atoms with Crippen LogP contribution in [0.1, 0.15) is 19.4 Å². The fourth-order valence-corrected chi connectivity index (χ4v) is 1.26. The lowest BCUT2D eigenvalue weighted by molar-refractivity contribution is 1.17. The zero-order chi connectivity index (χ0) is 12.0. The molecule has 0 saturated carbocycles. The molecule has 0 radical (unpaired) electrons. The van der Waals surface area contributed by atoms with Gasteiger partial charge in [0.1, 0.15) is 0 Å². The Kier molecular flexibility index (Phi) is 4.93. The lowest BCUT2D eigenvalue weighted by Gasteiger charge is -1.99. The number of nitrogens with zero attached hydrogens (tertiary/aromatic N) is 2. The maximum Gasteiger partial charge on any atom is 0.159 e. The molecule has 0 aliphatic heterocycles. The summed E-state index contributed by atoms with van der Waals surface area (Å²) in [6.45, 7) is 6.05. The lowest BCUT2D eigenvalue weighted by atomic mass is 10.1. The number of aromatic nitrogens is 2. The fraction of sp³-hybridized carbons (Fsp3) is 0.231. The molecule has 0 spiro atoms. The SMILES string of the molecule is CC.Cc1ccc(-c2ncc(Cl)cn2)cc1. The number of hydrogen-bond donors (Lipinski definition) is 0. The molecule has 3 heteroatoms. The third-order valence-electron chi connectivity index (χ3n) is 1.93. The Morgan fingerprint density at radius 2 is 1.44 bits per heavy atom. The van der Waals surface area contributed by atoms with Crippen molar-refractivity contribution in [3.05, 3.63) is 47.2 Å². The predicted molar refractivity (Wildman–Crippen MR) is 68.6 cm³/mol. The van der Waals surface area contributed by atoms with Gasteiger partial charge in [0.2, 0.25) is 0 Å². The minimum absolute atomic E-state index is 0.556. The Morgan fingerprint density at radius 3 is 1.94 bits per heavy atom. The van der Waals surface area contributed by atoms with Gasteiger partial charge in [0.25, 0.3) is 0 Å². The maximum atomic E-state index is 5.70. The van der Waals surface area contributed by atoms with E-state index >= 15 is 0 Å². The van der Waals surface area contributed by atoms with Crippen LogP contribution in [0.15, 0.2) is 36.7 Å². The topological polar surface area (TPSA) is 25.8 Å². The van der Waals surface area contributed by atoms with Crippen LogP contribution in [0.5, 0.6) is 0 Å². The summed E-state index contributed by atoms with van der Waals surface area (Å²) in [4.78, 5) is 8.27. The van der Waals surface area contributed by atoms with E-state index in [2.05, 4.69) is 9.97 Å². The molecule has 0 amide bonds. The first-order valence-corrected chi connectivity index (χ1v) is 5.68. The van der Waals surface area contributed by atoms with Crippen LogP contribution < -0.4 is 0 Å². The van der Waals surface area contributed by atoms with Gasteiger partial charge in [-0.05, 0) is 6.92 Å². The van der Waals surface area contributed by atoms with E-state index in [-0.39, 0.29) is 0 Å². The van der Waals surface area contributed by atoms with Gasteiger partial charge in [-0.3, -0.25) is 0 Å². The molecular formula is C13H15ClN2. The molecule has 0 unspecified atom stereocenters. The second-order valence-electron chi connectivity index (χ2n) is 3.09. The highest BCUT2D eigenvalue weighted by atomic mass is 35.5. The smallest absolute Gasteiger partial charge is 0.159 e. The van der Waals surface area contributed by atoms with Gasteiger partial charge in [0.15, 0.2) is 5.82 Å². The van der Waals surface area contributed by atoms with Crippen molar-refractivity contribution in [3.63, 3.8) is 0 Å². The van der Waals surface area contributed by atoms with Gasteiger partial charge in [-0.2, -0.15) is 0 Å². The Balaban J connectivity index is 0.000000606. The Morgan fingerprint density at radius 1 is 0.938 bits per heavy atom. The molecule has 0 bridgehead atoms. The molecule has 16 heavy (non-hydrogen) atoms. The second-order valence-corrected chi connectivity index (χ2v) is 3.53. The summed E-state index contributed by atoms with van der Waals surface area (Å²) in [5.74, 6) is 0.703. The average molecular weight is 235 g/mol. The molecule has 1 heterocycles. The molecular weight excluding hydrogens is 220 g/mol. The molecule has 1 aromatic heterocycles. The molecule has 2 nitrogen and oxygen atoms in total. The van der Waals surface area contributed by atoms with Crippen molar-refractivity contribution >= 4 is 11.6 Å². The van der Waals surface area contributed by atoms with Gasteiger partial charge in [-0.25, -0.2) is 9.97 Å². The summed E-state index contributed by atoms with van der Waals surface area (Å²) in [6.07, 6.45) is 3.20. The van der Waals surface area contributed by atoms with E-state index in [9.17, 15) is 0 Å². The van der Waals surface area contributed by atoms with Crippen LogP contribution in [-0.4, -0.2) is 9.97 Å². The van der Waals surface area contributed by atoms with Crippen molar-refractivity contribution in [2.24, 2.45) is 0 Å². The number of rotatable bonds is 1. The molecule has 2 rings (SSSR count). The van der Waals surface area contributed by atoms with E-state index in [1.54, 1.807) is 12.4 Å². The normalized spacial score (nSPS) is 9.25. The number of halogens is 1. The van der Waals surface area contributed by atoms with E-state index < -0.39 is 0 Å². The maximum absolute atomic E-state index is 5.70. The summed E-state index contributed by atoms with van der Waals surface area (Å²) in [6, 6.07) is 8.07. The predicted octanol–water partition coefficient (Wildman–Crippen LogP) is 4.13. The molecule has 0 fully saturated rings. The van der Waals surface area contributed by atoms with Gasteiger partial charge < -0.3 is 0 Å². The van der Waals surface area contributed by atoms with Crippen LogP contribution in [0.25, 0.3) is 11.4 Å². The lowest BCUT2D eigenvalue weighted by Crippen LogP contribution is -1.87. The fourth-order valence-electron chi connectivity index (χ4n) is 1.16. The Hall–Kier alpha value is -1.41. The Bertz CT molecular complexity index is 377. The third-order valence-corrected chi connectivity index (χ3v) is 2.13. The molecule has 0 aliphatic rings. The van der Waals surface area contributed by atoms with Gasteiger partial charge >= 0.3 is 0 Å². The highest BCUT2D eigenvalue weighted by Gasteiger charge is 1.99. The van der Waals surface area contributed by atoms with E-state index in [1.165, 1.54) is 5.56 Å². The second kappa shape index (κ2) is 6.23. The minimum Gasteiger partial charge on any atom is -0.235 e. The third kappa shape index (κ3) is 3.31. The highest BCUT2D eigenvalue weighted by molar-refractivity contribution is 6.30. The van der Waals surface area contributed by atoms with E-state index in [0.29, 0.717) is 10.8 Å². The zero-order valence-electron chi connectivity index (χ0n) is 9.74. The van der Waals surface area contributed by atoms with Crippen LogP contribution in [-0.2, 0) is 0 Å². The molecule has 0 N–H and O–H groups in total. The Labute approximate surface area is 101 Å². The van der Waals surface area contributed by atoms with Crippen LogP contribution in [0.3, 0.4) is 0 Å². The van der Waals surface area contributed by atoms with Gasteiger partial charge in [-0.1, -0.05) is 55.3 Å². The van der Waals surface area contributed by atoms with Crippen LogP contribution in [0.4, 0.5) is 0 Å². The summed E-state index contributed by atoms with van der Waals surface area (Å²) in [5, 5.41) is 0.556. The highest BCUT2D eigenvalue weighted by Crippen LogP contribution is 2.15. The zero-order valence-corrected chi connectivity index (χ0v) is 10.5. The monoisotopic (exact) mass is 234 g/mol. The van der Waals surface area contributed by atoms with E-state index in [4.69, 9.17) is 11.6 Å². The molecule has 0 atom stereocenters. The summed E-state index contributed by atoms with van der Waals surface area (Å²) in [7, 11) is 0. The first-order valence-electron chi connectivity index (χ1n) is 5.30. The summed E-state index contributed by atoms with van der Waals surface area (Å²) >= 11 is 5.70. The van der Waals surface area contributed by atoms with Crippen LogP contribution in [0, 0.1) is 6.92 Å². The molecule has 1 aromatic carbocycles. The minimum atomic E-state index is 0.556. The summed E-state index contributed by atoms with van der Waals surface area (Å²) < 4.78 is 0. The summed E-state index contributed by atoms with van der Waals surface area (Å²) in [5.41, 5.74) is 2.23. The van der Waals surface area contributed by atoms with Crippen molar-refractivity contribution in [3.8, 4) is 11.4 Å². The molecule has 84 valence electrons. The first kappa shape index (κ1) is 12.7. The standard InChI is InChI=1S/C11H9ClN2.C2H6/c1-8-2-4-9(5-3-8)11-13-6-10(12)7-14-11;1-2/h2-7H,1H3;1-2H3. The average Bonchev–Trinajstić information content (AvgIpc) is 2.34. The van der Waals surface area contributed by atoms with Gasteiger partial charge in [-0.15, -0.1) is 0 Å². The first-order chi connectivity index (χ1) is 7.75. The largest absolute Gasteiger partial charge is 0.235 e. The number of hydrogen-bond acceptors (Lipinski definition) is 2. The quantitative estimate of drug-likeness (QED) is 0.742. The van der Waals surface area contributed by atoms with Crippen molar-refractivity contribution in [2.45, 2.75) is 20.8 Å². The number of aryl methyl sites for hydroxylation is 1. The van der Waals surface area contributed by atoms with Crippen molar-refractivity contribution in [2.75, 3.05) is 0 Å². The van der Waals surface area contributed by atoms with Gasteiger partial charge in [0, 0.05) is 18.0 Å². The van der Waals surface area contributed by atoms with Crippen LogP contribution >= 0.6 is 11.6 Å². The molecule has 0 saturated heterocycles. The van der Waals surface area contributed by atoms with Crippen LogP contribution in [0.2, 0.25) is 5.02 Å². The van der Waals surface area contributed by atoms with Gasteiger partial charge in [0.05, 0.1) is 5.02 Å². The van der Waals surface area contributed by atoms with E-state index in [1.807, 2.05) is 45.0 Å². The van der Waals surface area contributed by atoms with Crippen molar-refractivity contribution in [1.82, 2.24) is 9.97 Å². The van der Waals surface area contributed by atoms with E-state index in [0.717, 1.165) is 5.56 Å². The molecule has 0 aliphatic carbocycles. The van der Waals surface area contributed by atoms with Crippen molar-refractivity contribution in [1.29, 1.82) is 0 Å². The number of benzene rings is 1. The van der Waals surface area contributed by atoms with Crippen molar-refractivity contribution < 1.29 is 0 Å².